The van der Waals surface area contributed by atoms with Crippen molar-refractivity contribution < 1.29 is 4.79 Å². The number of hydrogen-bond acceptors (Lipinski definition) is 4. The van der Waals surface area contributed by atoms with Crippen LogP contribution in [0.4, 0.5) is 0 Å². The lowest BCUT2D eigenvalue weighted by Gasteiger charge is -2.42. The highest BCUT2D eigenvalue weighted by Crippen LogP contribution is 2.16. The summed E-state index contributed by atoms with van der Waals surface area (Å²) in [5.41, 5.74) is 0. The van der Waals surface area contributed by atoms with Gasteiger partial charge in [0.1, 0.15) is 6.29 Å². The molecule has 2 aliphatic rings. The third-order valence-electron chi connectivity index (χ3n) is 3.87. The molecule has 2 aliphatic heterocycles. The van der Waals surface area contributed by atoms with Gasteiger partial charge in [0.2, 0.25) is 0 Å². The summed E-state index contributed by atoms with van der Waals surface area (Å²) in [7, 11) is 2.19. The van der Waals surface area contributed by atoms with Gasteiger partial charge in [-0.15, -0.1) is 0 Å². The van der Waals surface area contributed by atoms with Crippen molar-refractivity contribution in [3.05, 3.63) is 0 Å². The molecule has 4 nitrogen and oxygen atoms in total. The fraction of sp³-hybridized carbons (Fsp3) is 0.917. The number of likely N-dealkylation sites (tertiary alicyclic amines) is 1. The molecule has 2 rings (SSSR count). The molecular weight excluding hydrogens is 202 g/mol. The first-order chi connectivity index (χ1) is 7.79. The molecule has 4 heteroatoms. The third kappa shape index (κ3) is 3.03. The Balaban J connectivity index is 1.82. The molecule has 0 saturated carbocycles. The van der Waals surface area contributed by atoms with Crippen molar-refractivity contribution in [1.29, 1.82) is 0 Å². The topological polar surface area (TPSA) is 26.8 Å². The first kappa shape index (κ1) is 12.0. The summed E-state index contributed by atoms with van der Waals surface area (Å²) in [5.74, 6) is 0. The van der Waals surface area contributed by atoms with E-state index >= 15 is 0 Å². The number of rotatable bonds is 3. The van der Waals surface area contributed by atoms with Gasteiger partial charge in [-0.1, -0.05) is 0 Å². The average molecular weight is 225 g/mol. The Bertz CT molecular complexity index is 226. The minimum Gasteiger partial charge on any atom is -0.304 e. The Labute approximate surface area is 98.2 Å². The molecule has 0 aliphatic carbocycles. The number of piperidine rings is 1. The van der Waals surface area contributed by atoms with Crippen molar-refractivity contribution >= 4 is 6.29 Å². The zero-order valence-electron chi connectivity index (χ0n) is 10.3. The fourth-order valence-electron chi connectivity index (χ4n) is 2.79. The van der Waals surface area contributed by atoms with Crippen LogP contribution >= 0.6 is 0 Å². The van der Waals surface area contributed by atoms with Crippen molar-refractivity contribution in [2.45, 2.75) is 18.9 Å². The first-order valence-corrected chi connectivity index (χ1v) is 6.38. The molecule has 2 fully saturated rings. The van der Waals surface area contributed by atoms with Crippen LogP contribution in [0.1, 0.15) is 12.8 Å². The van der Waals surface area contributed by atoms with E-state index in [2.05, 4.69) is 21.7 Å². The second kappa shape index (κ2) is 5.75. The maximum absolute atomic E-state index is 10.5. The Morgan fingerprint density at radius 3 is 2.62 bits per heavy atom. The molecule has 0 spiro atoms. The maximum Gasteiger partial charge on any atom is 0.133 e. The molecule has 16 heavy (non-hydrogen) atoms. The van der Waals surface area contributed by atoms with Crippen molar-refractivity contribution in [2.75, 3.05) is 52.9 Å². The van der Waals surface area contributed by atoms with E-state index in [0.717, 1.165) is 19.4 Å². The smallest absolute Gasteiger partial charge is 0.133 e. The van der Waals surface area contributed by atoms with E-state index in [0.29, 0.717) is 12.6 Å². The highest BCUT2D eigenvalue weighted by Gasteiger charge is 2.26. The van der Waals surface area contributed by atoms with Gasteiger partial charge >= 0.3 is 0 Å². The first-order valence-electron chi connectivity index (χ1n) is 6.38. The summed E-state index contributed by atoms with van der Waals surface area (Å²) < 4.78 is 0. The zero-order chi connectivity index (χ0) is 11.4. The number of likely N-dealkylation sites (N-methyl/N-ethyl adjacent to an activating group) is 1. The normalized spacial score (nSPS) is 30.4. The highest BCUT2D eigenvalue weighted by atomic mass is 16.1. The van der Waals surface area contributed by atoms with E-state index in [1.54, 1.807) is 0 Å². The lowest BCUT2D eigenvalue weighted by atomic mass is 10.0. The van der Waals surface area contributed by atoms with Crippen molar-refractivity contribution in [3.63, 3.8) is 0 Å². The minimum absolute atomic E-state index is 0.615. The molecule has 0 aromatic rings. The average Bonchev–Trinajstić information content (AvgIpc) is 2.31. The molecular formula is C12H23N3O. The van der Waals surface area contributed by atoms with Gasteiger partial charge in [-0.3, -0.25) is 9.80 Å². The van der Waals surface area contributed by atoms with Crippen LogP contribution in [-0.4, -0.2) is 79.9 Å². The number of piperazine rings is 1. The Morgan fingerprint density at radius 2 is 1.94 bits per heavy atom. The lowest BCUT2D eigenvalue weighted by molar-refractivity contribution is -0.109. The standard InChI is InChI=1S/C12H23N3O/c1-13-5-7-15(8-6-13)12-3-2-4-14(11-12)9-10-16/h10,12H,2-9,11H2,1H3. The summed E-state index contributed by atoms with van der Waals surface area (Å²) in [5, 5.41) is 0. The summed E-state index contributed by atoms with van der Waals surface area (Å²) in [4.78, 5) is 17.8. The summed E-state index contributed by atoms with van der Waals surface area (Å²) >= 11 is 0. The van der Waals surface area contributed by atoms with E-state index in [9.17, 15) is 4.79 Å². The zero-order valence-corrected chi connectivity index (χ0v) is 10.3. The van der Waals surface area contributed by atoms with Crippen LogP contribution in [0.2, 0.25) is 0 Å². The van der Waals surface area contributed by atoms with Gasteiger partial charge in [-0.05, 0) is 26.4 Å². The molecule has 0 radical (unpaired) electrons. The summed E-state index contributed by atoms with van der Waals surface area (Å²) in [6.45, 7) is 7.55. The largest absolute Gasteiger partial charge is 0.304 e. The molecule has 1 unspecified atom stereocenters. The predicted molar refractivity (Wildman–Crippen MR) is 64.6 cm³/mol. The van der Waals surface area contributed by atoms with Gasteiger partial charge in [0.05, 0.1) is 6.54 Å². The Hall–Kier alpha value is -0.450. The summed E-state index contributed by atoms with van der Waals surface area (Å²) in [6.07, 6.45) is 3.58. The molecule has 0 aromatic carbocycles. The van der Waals surface area contributed by atoms with Gasteiger partial charge in [-0.2, -0.15) is 0 Å². The van der Waals surface area contributed by atoms with Gasteiger partial charge in [-0.25, -0.2) is 0 Å². The number of carbonyl (C=O) groups is 1. The molecule has 0 amide bonds. The van der Waals surface area contributed by atoms with Gasteiger partial charge < -0.3 is 9.69 Å². The van der Waals surface area contributed by atoms with Crippen LogP contribution < -0.4 is 0 Å². The van der Waals surface area contributed by atoms with E-state index < -0.39 is 0 Å². The Kier molecular flexibility index (Phi) is 4.32. The van der Waals surface area contributed by atoms with Gasteiger partial charge in [0.15, 0.2) is 0 Å². The lowest BCUT2D eigenvalue weighted by Crippen LogP contribution is -2.54. The molecule has 2 saturated heterocycles. The second-order valence-corrected chi connectivity index (χ2v) is 5.06. The van der Waals surface area contributed by atoms with Crippen LogP contribution in [0.15, 0.2) is 0 Å². The number of carbonyl (C=O) groups excluding carboxylic acids is 1. The maximum atomic E-state index is 10.5. The van der Waals surface area contributed by atoms with E-state index in [1.165, 1.54) is 39.0 Å². The van der Waals surface area contributed by atoms with Crippen LogP contribution in [0.25, 0.3) is 0 Å². The van der Waals surface area contributed by atoms with Crippen molar-refractivity contribution in [2.24, 2.45) is 0 Å². The minimum atomic E-state index is 0.615. The van der Waals surface area contributed by atoms with E-state index in [4.69, 9.17) is 0 Å². The predicted octanol–water partition coefficient (Wildman–Crippen LogP) is -0.103. The highest BCUT2D eigenvalue weighted by molar-refractivity contribution is 5.51. The molecule has 1 atom stereocenters. The van der Waals surface area contributed by atoms with Crippen LogP contribution in [-0.2, 0) is 4.79 Å². The monoisotopic (exact) mass is 225 g/mol. The SMILES string of the molecule is CN1CCN(C2CCCN(CC=O)C2)CC1. The number of nitrogens with zero attached hydrogens (tertiary/aromatic N) is 3. The molecule has 92 valence electrons. The van der Waals surface area contributed by atoms with Crippen molar-refractivity contribution in [3.8, 4) is 0 Å². The number of aldehydes is 1. The van der Waals surface area contributed by atoms with E-state index in [-0.39, 0.29) is 0 Å². The van der Waals surface area contributed by atoms with Crippen molar-refractivity contribution in [1.82, 2.24) is 14.7 Å². The van der Waals surface area contributed by atoms with E-state index in [1.807, 2.05) is 0 Å². The second-order valence-electron chi connectivity index (χ2n) is 5.06. The van der Waals surface area contributed by atoms with Crippen LogP contribution in [0, 0.1) is 0 Å². The quantitative estimate of drug-likeness (QED) is 0.627. The molecule has 0 aromatic heterocycles. The van der Waals surface area contributed by atoms with Gasteiger partial charge in [0, 0.05) is 38.8 Å². The molecule has 0 bridgehead atoms. The number of hydrogen-bond donors (Lipinski definition) is 0. The van der Waals surface area contributed by atoms with Crippen LogP contribution in [0.5, 0.6) is 0 Å². The fourth-order valence-corrected chi connectivity index (χ4v) is 2.79. The summed E-state index contributed by atoms with van der Waals surface area (Å²) in [6, 6.07) is 0.683. The van der Waals surface area contributed by atoms with Gasteiger partial charge in [0.25, 0.3) is 0 Å². The van der Waals surface area contributed by atoms with Crippen LogP contribution in [0.3, 0.4) is 0 Å². The third-order valence-corrected chi connectivity index (χ3v) is 3.87. The molecule has 2 heterocycles. The molecule has 0 N–H and O–H groups in total. The Morgan fingerprint density at radius 1 is 1.19 bits per heavy atom.